The highest BCUT2D eigenvalue weighted by Gasteiger charge is 2.10. The van der Waals surface area contributed by atoms with Crippen molar-refractivity contribution in [2.75, 3.05) is 11.2 Å². The zero-order valence-corrected chi connectivity index (χ0v) is 11.6. The summed E-state index contributed by atoms with van der Waals surface area (Å²) in [6, 6.07) is 7.54. The second-order valence-electron chi connectivity index (χ2n) is 3.74. The normalized spacial score (nSPS) is 9.84. The Labute approximate surface area is 121 Å². The van der Waals surface area contributed by atoms with Gasteiger partial charge in [0.05, 0.1) is 11.4 Å². The third-order valence-electron chi connectivity index (χ3n) is 2.29. The number of aryl methyl sites for hydroxylation is 1. The van der Waals surface area contributed by atoms with E-state index in [2.05, 4.69) is 10.4 Å². The summed E-state index contributed by atoms with van der Waals surface area (Å²) < 4.78 is 14.4. The molecule has 1 amide bonds. The molecule has 2 aromatic rings. The number of benzene rings is 1. The zero-order valence-electron chi connectivity index (χ0n) is 10.1. The molecule has 1 N–H and O–H groups in total. The molecular weight excluding hydrogens is 292 g/mol. The summed E-state index contributed by atoms with van der Waals surface area (Å²) in [5.41, 5.74) is 1.40. The Balaban J connectivity index is 0.00000180. The van der Waals surface area contributed by atoms with Crippen LogP contribution in [-0.2, 0) is 4.79 Å². The first-order valence-corrected chi connectivity index (χ1v) is 5.82. The van der Waals surface area contributed by atoms with Gasteiger partial charge in [0.15, 0.2) is 0 Å². The van der Waals surface area contributed by atoms with Crippen molar-refractivity contribution in [3.8, 4) is 5.69 Å². The molecule has 0 atom stereocenters. The Morgan fingerprint density at radius 3 is 2.63 bits per heavy atom. The van der Waals surface area contributed by atoms with Crippen LogP contribution in [0.4, 0.5) is 10.2 Å². The van der Waals surface area contributed by atoms with Crippen molar-refractivity contribution in [3.05, 3.63) is 41.8 Å². The van der Waals surface area contributed by atoms with Crippen molar-refractivity contribution in [1.82, 2.24) is 9.78 Å². The van der Waals surface area contributed by atoms with Gasteiger partial charge in [-0.3, -0.25) is 4.79 Å². The van der Waals surface area contributed by atoms with Gasteiger partial charge in [0, 0.05) is 6.07 Å². The molecule has 0 aliphatic rings. The average Bonchev–Trinajstić information content (AvgIpc) is 2.71. The number of alkyl halides is 1. The van der Waals surface area contributed by atoms with E-state index in [1.165, 1.54) is 16.8 Å². The van der Waals surface area contributed by atoms with Crippen LogP contribution in [-0.4, -0.2) is 21.6 Å². The summed E-state index contributed by atoms with van der Waals surface area (Å²) in [7, 11) is 0. The number of carbonyl (C=O) groups excluding carboxylic acids is 1. The third kappa shape index (κ3) is 3.68. The molecule has 1 aromatic heterocycles. The predicted octanol–water partition coefficient (Wildman–Crippen LogP) is 2.92. The molecule has 2 rings (SSSR count). The molecule has 0 saturated carbocycles. The van der Waals surface area contributed by atoms with Crippen molar-refractivity contribution in [3.63, 3.8) is 0 Å². The van der Waals surface area contributed by atoms with Crippen molar-refractivity contribution in [2.24, 2.45) is 0 Å². The SMILES string of the molecule is Cc1cc(NC(=O)CCl)n(-c2ccc(F)cc2)n1.Cl. The van der Waals surface area contributed by atoms with Gasteiger partial charge in [-0.15, -0.1) is 24.0 Å². The first-order valence-electron chi connectivity index (χ1n) is 5.28. The fourth-order valence-electron chi connectivity index (χ4n) is 1.54. The number of amides is 1. The average molecular weight is 304 g/mol. The van der Waals surface area contributed by atoms with Gasteiger partial charge in [-0.25, -0.2) is 9.07 Å². The molecule has 0 aliphatic heterocycles. The standard InChI is InChI=1S/C12H11ClFN3O.ClH/c1-8-6-11(15-12(18)7-13)17(16-8)10-4-2-9(14)3-5-10;/h2-6H,7H2,1H3,(H,15,18);1H. The van der Waals surface area contributed by atoms with E-state index in [9.17, 15) is 9.18 Å². The fraction of sp³-hybridized carbons (Fsp3) is 0.167. The lowest BCUT2D eigenvalue weighted by atomic mass is 10.3. The van der Waals surface area contributed by atoms with E-state index in [4.69, 9.17) is 11.6 Å². The van der Waals surface area contributed by atoms with Crippen molar-refractivity contribution in [1.29, 1.82) is 0 Å². The molecule has 0 bridgehead atoms. The molecule has 1 heterocycles. The van der Waals surface area contributed by atoms with E-state index in [-0.39, 0.29) is 30.0 Å². The number of nitrogens with one attached hydrogen (secondary N) is 1. The van der Waals surface area contributed by atoms with Crippen LogP contribution in [0.5, 0.6) is 0 Å². The quantitative estimate of drug-likeness (QED) is 0.886. The molecule has 4 nitrogen and oxygen atoms in total. The lowest BCUT2D eigenvalue weighted by molar-refractivity contribution is -0.114. The number of aromatic nitrogens is 2. The highest BCUT2D eigenvalue weighted by molar-refractivity contribution is 6.29. The van der Waals surface area contributed by atoms with Gasteiger partial charge in [-0.1, -0.05) is 0 Å². The molecule has 7 heteroatoms. The fourth-order valence-corrected chi connectivity index (χ4v) is 1.61. The van der Waals surface area contributed by atoms with Crippen LogP contribution < -0.4 is 5.32 Å². The van der Waals surface area contributed by atoms with Gasteiger partial charge >= 0.3 is 0 Å². The molecule has 0 saturated heterocycles. The molecule has 0 spiro atoms. The van der Waals surface area contributed by atoms with Gasteiger partial charge in [0.2, 0.25) is 5.91 Å². The summed E-state index contributed by atoms with van der Waals surface area (Å²) in [5.74, 6) is -0.271. The van der Waals surface area contributed by atoms with E-state index in [1.807, 2.05) is 0 Å². The summed E-state index contributed by atoms with van der Waals surface area (Å²) in [4.78, 5) is 11.3. The summed E-state index contributed by atoms with van der Waals surface area (Å²) in [5, 5.41) is 6.86. The summed E-state index contributed by atoms with van der Waals surface area (Å²) >= 11 is 5.44. The number of hydrogen-bond donors (Lipinski definition) is 1. The van der Waals surface area contributed by atoms with E-state index in [1.54, 1.807) is 25.1 Å². The van der Waals surface area contributed by atoms with Crippen molar-refractivity contribution < 1.29 is 9.18 Å². The highest BCUT2D eigenvalue weighted by atomic mass is 35.5. The van der Waals surface area contributed by atoms with E-state index < -0.39 is 0 Å². The monoisotopic (exact) mass is 303 g/mol. The van der Waals surface area contributed by atoms with Gasteiger partial charge < -0.3 is 5.32 Å². The molecule has 19 heavy (non-hydrogen) atoms. The Hall–Kier alpha value is -1.59. The molecule has 0 unspecified atom stereocenters. The number of hydrogen-bond acceptors (Lipinski definition) is 2. The smallest absolute Gasteiger partial charge is 0.240 e. The topological polar surface area (TPSA) is 46.9 Å². The Morgan fingerprint density at radius 1 is 1.42 bits per heavy atom. The van der Waals surface area contributed by atoms with E-state index >= 15 is 0 Å². The number of nitrogens with zero attached hydrogens (tertiary/aromatic N) is 2. The van der Waals surface area contributed by atoms with Crippen LogP contribution in [0.3, 0.4) is 0 Å². The maximum Gasteiger partial charge on any atom is 0.240 e. The number of rotatable bonds is 3. The number of anilines is 1. The first kappa shape index (κ1) is 15.5. The highest BCUT2D eigenvalue weighted by Crippen LogP contribution is 2.17. The molecular formula is C12H12Cl2FN3O. The van der Waals surface area contributed by atoms with Crippen molar-refractivity contribution in [2.45, 2.75) is 6.92 Å². The maximum absolute atomic E-state index is 12.9. The van der Waals surface area contributed by atoms with Gasteiger partial charge in [-0.2, -0.15) is 5.10 Å². The van der Waals surface area contributed by atoms with Crippen LogP contribution in [0.25, 0.3) is 5.69 Å². The minimum Gasteiger partial charge on any atom is -0.310 e. The lowest BCUT2D eigenvalue weighted by Gasteiger charge is -2.07. The largest absolute Gasteiger partial charge is 0.310 e. The van der Waals surface area contributed by atoms with E-state index in [0.29, 0.717) is 11.5 Å². The lowest BCUT2D eigenvalue weighted by Crippen LogP contribution is -2.15. The van der Waals surface area contributed by atoms with Crippen LogP contribution in [0, 0.1) is 12.7 Å². The Kier molecular flexibility index (Phi) is 5.32. The Morgan fingerprint density at radius 2 is 2.05 bits per heavy atom. The molecule has 102 valence electrons. The van der Waals surface area contributed by atoms with Gasteiger partial charge in [0.25, 0.3) is 0 Å². The summed E-state index contributed by atoms with van der Waals surface area (Å²) in [6.45, 7) is 1.80. The maximum atomic E-state index is 12.9. The first-order chi connectivity index (χ1) is 8.60. The molecule has 1 aromatic carbocycles. The Bertz CT molecular complexity index is 569. The van der Waals surface area contributed by atoms with E-state index in [0.717, 1.165) is 5.69 Å². The van der Waals surface area contributed by atoms with Gasteiger partial charge in [0.1, 0.15) is 17.5 Å². The van der Waals surface area contributed by atoms with Crippen LogP contribution in [0.2, 0.25) is 0 Å². The molecule has 0 aliphatic carbocycles. The number of carbonyl (C=O) groups is 1. The van der Waals surface area contributed by atoms with Crippen LogP contribution >= 0.6 is 24.0 Å². The predicted molar refractivity (Wildman–Crippen MR) is 74.9 cm³/mol. The van der Waals surface area contributed by atoms with Crippen LogP contribution in [0.1, 0.15) is 5.69 Å². The zero-order chi connectivity index (χ0) is 13.1. The number of halogens is 3. The van der Waals surface area contributed by atoms with Crippen LogP contribution in [0.15, 0.2) is 30.3 Å². The minimum atomic E-state index is -0.325. The minimum absolute atomic E-state index is 0. The molecule has 0 radical (unpaired) electrons. The van der Waals surface area contributed by atoms with Gasteiger partial charge in [-0.05, 0) is 31.2 Å². The second-order valence-corrected chi connectivity index (χ2v) is 4.01. The third-order valence-corrected chi connectivity index (χ3v) is 2.53. The second kappa shape index (κ2) is 6.54. The summed E-state index contributed by atoms with van der Waals surface area (Å²) in [6.07, 6.45) is 0. The van der Waals surface area contributed by atoms with Crippen molar-refractivity contribution >= 4 is 35.7 Å². The molecule has 0 fully saturated rings.